The number of rotatable bonds is 4. The van der Waals surface area contributed by atoms with Crippen molar-refractivity contribution >= 4 is 11.9 Å². The number of nitrogens with zero attached hydrogens (tertiary/aromatic N) is 3. The third-order valence-electron chi connectivity index (χ3n) is 2.59. The molecule has 0 fully saturated rings. The lowest BCUT2D eigenvalue weighted by molar-refractivity contribution is -0.115. The zero-order valence-electron chi connectivity index (χ0n) is 10.1. The van der Waals surface area contributed by atoms with E-state index in [1.54, 1.807) is 7.05 Å². The fraction of sp³-hybridized carbons (Fsp3) is 0.250. The highest BCUT2D eigenvalue weighted by Crippen LogP contribution is 2.06. The van der Waals surface area contributed by atoms with Gasteiger partial charge in [0.05, 0.1) is 6.42 Å². The Labute approximate surface area is 105 Å². The van der Waals surface area contributed by atoms with E-state index in [9.17, 15) is 4.79 Å². The molecule has 18 heavy (non-hydrogen) atoms. The minimum absolute atomic E-state index is 0.119. The highest BCUT2D eigenvalue weighted by atomic mass is 16.1. The molecule has 0 aliphatic heterocycles. The standard InChI is InChI=1S/C12H15N5O/c1-17-12(14-8-15-17)16-11(18)6-9-2-4-10(7-13)5-3-9/h2-5,8H,6-7,13H2,1H3,(H,14,15,16,18). The van der Waals surface area contributed by atoms with Crippen LogP contribution in [0, 0.1) is 0 Å². The number of nitrogens with two attached hydrogens (primary N) is 1. The molecule has 1 heterocycles. The smallest absolute Gasteiger partial charge is 0.231 e. The second kappa shape index (κ2) is 5.42. The molecule has 0 aliphatic rings. The van der Waals surface area contributed by atoms with Crippen LogP contribution in [-0.4, -0.2) is 20.7 Å². The van der Waals surface area contributed by atoms with E-state index in [0.29, 0.717) is 18.9 Å². The molecule has 0 bridgehead atoms. The number of carbonyl (C=O) groups excluding carboxylic acids is 1. The van der Waals surface area contributed by atoms with Gasteiger partial charge in [-0.15, -0.1) is 0 Å². The molecule has 0 spiro atoms. The summed E-state index contributed by atoms with van der Waals surface area (Å²) in [5.41, 5.74) is 7.50. The summed E-state index contributed by atoms with van der Waals surface area (Å²) in [4.78, 5) is 15.7. The lowest BCUT2D eigenvalue weighted by Crippen LogP contribution is -2.17. The number of benzene rings is 1. The Morgan fingerprint density at radius 2 is 2.00 bits per heavy atom. The fourth-order valence-corrected chi connectivity index (χ4v) is 1.56. The van der Waals surface area contributed by atoms with E-state index in [-0.39, 0.29) is 5.91 Å². The van der Waals surface area contributed by atoms with Gasteiger partial charge in [-0.2, -0.15) is 10.1 Å². The van der Waals surface area contributed by atoms with Gasteiger partial charge in [0.1, 0.15) is 6.33 Å². The van der Waals surface area contributed by atoms with Crippen molar-refractivity contribution in [2.45, 2.75) is 13.0 Å². The van der Waals surface area contributed by atoms with E-state index in [2.05, 4.69) is 15.4 Å². The summed E-state index contributed by atoms with van der Waals surface area (Å²) >= 11 is 0. The monoisotopic (exact) mass is 245 g/mol. The van der Waals surface area contributed by atoms with Crippen LogP contribution in [0.15, 0.2) is 30.6 Å². The molecule has 2 rings (SSSR count). The van der Waals surface area contributed by atoms with Gasteiger partial charge >= 0.3 is 0 Å². The van der Waals surface area contributed by atoms with E-state index in [1.165, 1.54) is 11.0 Å². The van der Waals surface area contributed by atoms with Crippen LogP contribution in [0.4, 0.5) is 5.95 Å². The van der Waals surface area contributed by atoms with Gasteiger partial charge in [-0.25, -0.2) is 4.68 Å². The van der Waals surface area contributed by atoms with Crippen molar-refractivity contribution in [3.63, 3.8) is 0 Å². The largest absolute Gasteiger partial charge is 0.326 e. The SMILES string of the molecule is Cn1ncnc1NC(=O)Cc1ccc(CN)cc1. The number of hydrogen-bond donors (Lipinski definition) is 2. The summed E-state index contributed by atoms with van der Waals surface area (Å²) in [7, 11) is 1.72. The van der Waals surface area contributed by atoms with Gasteiger partial charge in [0.2, 0.25) is 11.9 Å². The van der Waals surface area contributed by atoms with Gasteiger partial charge in [0.25, 0.3) is 0 Å². The topological polar surface area (TPSA) is 85.8 Å². The van der Waals surface area contributed by atoms with Crippen molar-refractivity contribution in [1.82, 2.24) is 14.8 Å². The van der Waals surface area contributed by atoms with Gasteiger partial charge in [0, 0.05) is 13.6 Å². The summed E-state index contributed by atoms with van der Waals surface area (Å²) in [6.07, 6.45) is 1.70. The van der Waals surface area contributed by atoms with Gasteiger partial charge in [-0.1, -0.05) is 24.3 Å². The molecule has 0 saturated carbocycles. The summed E-state index contributed by atoms with van der Waals surface area (Å²) in [5.74, 6) is 0.324. The van der Waals surface area contributed by atoms with E-state index in [4.69, 9.17) is 5.73 Å². The summed E-state index contributed by atoms with van der Waals surface area (Å²) in [5, 5.41) is 6.57. The zero-order chi connectivity index (χ0) is 13.0. The highest BCUT2D eigenvalue weighted by molar-refractivity contribution is 5.90. The van der Waals surface area contributed by atoms with Gasteiger partial charge in [-0.05, 0) is 11.1 Å². The number of aryl methyl sites for hydroxylation is 1. The van der Waals surface area contributed by atoms with Crippen LogP contribution in [-0.2, 0) is 24.8 Å². The quantitative estimate of drug-likeness (QED) is 0.819. The molecule has 1 amide bonds. The van der Waals surface area contributed by atoms with Crippen molar-refractivity contribution in [3.8, 4) is 0 Å². The third-order valence-corrected chi connectivity index (χ3v) is 2.59. The van der Waals surface area contributed by atoms with Crippen LogP contribution in [0.3, 0.4) is 0 Å². The summed E-state index contributed by atoms with van der Waals surface area (Å²) < 4.78 is 1.51. The predicted molar refractivity (Wildman–Crippen MR) is 67.7 cm³/mol. The molecule has 1 aromatic heterocycles. The van der Waals surface area contributed by atoms with Crippen LogP contribution in [0.5, 0.6) is 0 Å². The average Bonchev–Trinajstić information content (AvgIpc) is 2.76. The minimum Gasteiger partial charge on any atom is -0.326 e. The number of carbonyl (C=O) groups is 1. The minimum atomic E-state index is -0.119. The third kappa shape index (κ3) is 2.92. The number of hydrogen-bond acceptors (Lipinski definition) is 4. The van der Waals surface area contributed by atoms with Crippen molar-refractivity contribution < 1.29 is 4.79 Å². The Morgan fingerprint density at radius 1 is 1.33 bits per heavy atom. The van der Waals surface area contributed by atoms with Crippen molar-refractivity contribution in [2.24, 2.45) is 12.8 Å². The van der Waals surface area contributed by atoms with Crippen LogP contribution in [0.25, 0.3) is 0 Å². The number of aromatic nitrogens is 3. The molecule has 2 aromatic rings. The summed E-state index contributed by atoms with van der Waals surface area (Å²) in [6, 6.07) is 7.65. The second-order valence-electron chi connectivity index (χ2n) is 3.95. The van der Waals surface area contributed by atoms with Crippen molar-refractivity contribution in [3.05, 3.63) is 41.7 Å². The Morgan fingerprint density at radius 3 is 2.56 bits per heavy atom. The first kappa shape index (κ1) is 12.3. The molecule has 1 aromatic carbocycles. The molecule has 3 N–H and O–H groups in total. The van der Waals surface area contributed by atoms with E-state index >= 15 is 0 Å². The maximum atomic E-state index is 11.8. The molecule has 0 saturated heterocycles. The number of nitrogens with one attached hydrogen (secondary N) is 1. The Hall–Kier alpha value is -2.21. The molecule has 0 radical (unpaired) electrons. The van der Waals surface area contributed by atoms with Crippen LogP contribution in [0.1, 0.15) is 11.1 Å². The first-order chi connectivity index (χ1) is 8.69. The zero-order valence-corrected chi connectivity index (χ0v) is 10.1. The first-order valence-corrected chi connectivity index (χ1v) is 5.61. The normalized spacial score (nSPS) is 10.3. The molecular weight excluding hydrogens is 230 g/mol. The average molecular weight is 245 g/mol. The molecule has 6 heteroatoms. The highest BCUT2D eigenvalue weighted by Gasteiger charge is 2.07. The van der Waals surface area contributed by atoms with E-state index in [0.717, 1.165) is 11.1 Å². The van der Waals surface area contributed by atoms with Crippen LogP contribution >= 0.6 is 0 Å². The van der Waals surface area contributed by atoms with Gasteiger partial charge in [-0.3, -0.25) is 10.1 Å². The van der Waals surface area contributed by atoms with E-state index in [1.807, 2.05) is 24.3 Å². The maximum absolute atomic E-state index is 11.8. The van der Waals surface area contributed by atoms with Crippen LogP contribution in [0.2, 0.25) is 0 Å². The van der Waals surface area contributed by atoms with Gasteiger partial charge in [0.15, 0.2) is 0 Å². The lowest BCUT2D eigenvalue weighted by atomic mass is 10.1. The van der Waals surface area contributed by atoms with Gasteiger partial charge < -0.3 is 5.73 Å². The molecular formula is C12H15N5O. The summed E-state index contributed by atoms with van der Waals surface area (Å²) in [6.45, 7) is 0.505. The molecule has 0 aliphatic carbocycles. The fourth-order valence-electron chi connectivity index (χ4n) is 1.56. The second-order valence-corrected chi connectivity index (χ2v) is 3.95. The van der Waals surface area contributed by atoms with Crippen LogP contribution < -0.4 is 11.1 Å². The Bertz CT molecular complexity index is 532. The molecule has 94 valence electrons. The lowest BCUT2D eigenvalue weighted by Gasteiger charge is -2.04. The molecule has 0 unspecified atom stereocenters. The Kier molecular flexibility index (Phi) is 3.69. The molecule has 0 atom stereocenters. The molecule has 6 nitrogen and oxygen atoms in total. The van der Waals surface area contributed by atoms with E-state index < -0.39 is 0 Å². The number of anilines is 1. The van der Waals surface area contributed by atoms with Crippen molar-refractivity contribution in [2.75, 3.05) is 5.32 Å². The Balaban J connectivity index is 1.96. The predicted octanol–water partition coefficient (Wildman–Crippen LogP) is 0.455. The maximum Gasteiger partial charge on any atom is 0.231 e. The number of amides is 1. The first-order valence-electron chi connectivity index (χ1n) is 5.61. The van der Waals surface area contributed by atoms with Crippen molar-refractivity contribution in [1.29, 1.82) is 0 Å².